The van der Waals surface area contributed by atoms with Crippen molar-refractivity contribution < 1.29 is 4.79 Å². The van der Waals surface area contributed by atoms with Crippen molar-refractivity contribution in [3.05, 3.63) is 47.5 Å². The summed E-state index contributed by atoms with van der Waals surface area (Å²) in [4.78, 5) is 23.4. The van der Waals surface area contributed by atoms with Gasteiger partial charge in [0.1, 0.15) is 17.3 Å². The number of carbonyl (C=O) groups excluding carboxylic acids is 1. The predicted octanol–water partition coefficient (Wildman–Crippen LogP) is 2.68. The second-order valence-corrected chi connectivity index (χ2v) is 5.13. The summed E-state index contributed by atoms with van der Waals surface area (Å²) in [5.74, 6) is 1.35. The van der Waals surface area contributed by atoms with Gasteiger partial charge in [-0.15, -0.1) is 0 Å². The van der Waals surface area contributed by atoms with E-state index in [-0.39, 0.29) is 5.91 Å². The molecule has 0 atom stereocenters. The molecule has 6 heteroatoms. The second-order valence-electron chi connectivity index (χ2n) is 5.13. The van der Waals surface area contributed by atoms with Crippen LogP contribution in [0.2, 0.25) is 0 Å². The molecule has 6 nitrogen and oxygen atoms in total. The van der Waals surface area contributed by atoms with Crippen molar-refractivity contribution in [2.24, 2.45) is 0 Å². The summed E-state index contributed by atoms with van der Waals surface area (Å²) in [6, 6.07) is 9.58. The highest BCUT2D eigenvalue weighted by Gasteiger charge is 2.08. The highest BCUT2D eigenvalue weighted by Crippen LogP contribution is 2.22. The Morgan fingerprint density at radius 3 is 2.68 bits per heavy atom. The lowest BCUT2D eigenvalue weighted by Crippen LogP contribution is -2.17. The molecule has 0 aliphatic rings. The maximum Gasteiger partial charge on any atom is 0.267 e. The molecular weight excluding hydrogens is 278 g/mol. The molecule has 3 rings (SSSR count). The van der Waals surface area contributed by atoms with Crippen molar-refractivity contribution in [1.29, 1.82) is 0 Å². The van der Waals surface area contributed by atoms with Gasteiger partial charge in [-0.2, -0.15) is 0 Å². The fraction of sp³-hybridized carbons (Fsp3) is 0.188. The minimum absolute atomic E-state index is 0.132. The number of carbonyl (C=O) groups is 1. The molecular formula is C16H17N5O. The number of aromatic amines is 1. The molecule has 0 saturated carbocycles. The summed E-state index contributed by atoms with van der Waals surface area (Å²) in [6.07, 6.45) is 0. The van der Waals surface area contributed by atoms with E-state index in [1.165, 1.54) is 0 Å². The van der Waals surface area contributed by atoms with Crippen molar-refractivity contribution in [3.8, 4) is 0 Å². The number of fused-ring (bicyclic) bond motifs is 1. The van der Waals surface area contributed by atoms with Crippen LogP contribution in [0, 0.1) is 13.8 Å². The Morgan fingerprint density at radius 2 is 1.95 bits per heavy atom. The van der Waals surface area contributed by atoms with Gasteiger partial charge in [0.2, 0.25) is 0 Å². The Hall–Kier alpha value is -2.89. The highest BCUT2D eigenvalue weighted by molar-refractivity contribution is 5.98. The second kappa shape index (κ2) is 5.48. The summed E-state index contributed by atoms with van der Waals surface area (Å²) in [7, 11) is 1.61. The van der Waals surface area contributed by atoms with Gasteiger partial charge in [-0.05, 0) is 38.1 Å². The van der Waals surface area contributed by atoms with Crippen molar-refractivity contribution >= 4 is 28.3 Å². The largest absolute Gasteiger partial charge is 0.354 e. The summed E-state index contributed by atoms with van der Waals surface area (Å²) in [5, 5.41) is 6.83. The molecule has 3 aromatic rings. The molecule has 0 saturated heterocycles. The van der Waals surface area contributed by atoms with Crippen LogP contribution in [-0.4, -0.2) is 27.9 Å². The number of aromatic nitrogens is 3. The van der Waals surface area contributed by atoms with Crippen LogP contribution in [0.3, 0.4) is 0 Å². The number of benzene rings is 1. The molecule has 112 valence electrons. The van der Waals surface area contributed by atoms with Gasteiger partial charge in [-0.3, -0.25) is 4.79 Å². The number of anilines is 2. The monoisotopic (exact) mass is 295 g/mol. The van der Waals surface area contributed by atoms with Gasteiger partial charge < -0.3 is 15.6 Å². The van der Waals surface area contributed by atoms with E-state index < -0.39 is 0 Å². The van der Waals surface area contributed by atoms with Gasteiger partial charge in [0.05, 0.1) is 0 Å². The van der Waals surface area contributed by atoms with Crippen molar-refractivity contribution in [2.45, 2.75) is 13.8 Å². The average molecular weight is 295 g/mol. The smallest absolute Gasteiger partial charge is 0.267 e. The Balaban J connectivity index is 1.92. The third-order valence-electron chi connectivity index (χ3n) is 3.33. The number of rotatable bonds is 3. The number of aryl methyl sites for hydroxylation is 2. The van der Waals surface area contributed by atoms with E-state index in [9.17, 15) is 4.79 Å². The molecule has 0 aliphatic heterocycles. The zero-order valence-electron chi connectivity index (χ0n) is 12.7. The van der Waals surface area contributed by atoms with E-state index in [0.29, 0.717) is 5.69 Å². The molecule has 0 unspecified atom stereocenters. The molecule has 1 aromatic carbocycles. The maximum absolute atomic E-state index is 11.7. The number of amides is 1. The summed E-state index contributed by atoms with van der Waals surface area (Å²) in [5.41, 5.74) is 3.29. The summed E-state index contributed by atoms with van der Waals surface area (Å²) >= 11 is 0. The highest BCUT2D eigenvalue weighted by atomic mass is 16.1. The Kier molecular flexibility index (Phi) is 3.50. The lowest BCUT2D eigenvalue weighted by Gasteiger charge is -2.07. The Bertz CT molecular complexity index is 833. The Morgan fingerprint density at radius 1 is 1.14 bits per heavy atom. The maximum atomic E-state index is 11.7. The van der Waals surface area contributed by atoms with Gasteiger partial charge in [-0.25, -0.2) is 9.97 Å². The molecule has 1 amide bonds. The fourth-order valence-corrected chi connectivity index (χ4v) is 2.40. The van der Waals surface area contributed by atoms with Gasteiger partial charge in [0.25, 0.3) is 5.91 Å². The molecule has 0 radical (unpaired) electrons. The zero-order chi connectivity index (χ0) is 15.7. The zero-order valence-corrected chi connectivity index (χ0v) is 12.7. The van der Waals surface area contributed by atoms with E-state index >= 15 is 0 Å². The first-order chi connectivity index (χ1) is 10.5. The lowest BCUT2D eigenvalue weighted by molar-refractivity contribution is 0.0959. The van der Waals surface area contributed by atoms with Crippen LogP contribution >= 0.6 is 0 Å². The van der Waals surface area contributed by atoms with Crippen LogP contribution in [0.25, 0.3) is 10.9 Å². The summed E-state index contributed by atoms with van der Waals surface area (Å²) < 4.78 is 0. The first kappa shape index (κ1) is 14.1. The summed E-state index contributed by atoms with van der Waals surface area (Å²) in [6.45, 7) is 3.80. The minimum Gasteiger partial charge on any atom is -0.354 e. The molecule has 0 bridgehead atoms. The minimum atomic E-state index is -0.132. The molecule has 0 aliphatic carbocycles. The molecule has 0 spiro atoms. The van der Waals surface area contributed by atoms with E-state index in [1.54, 1.807) is 7.05 Å². The fourth-order valence-electron chi connectivity index (χ4n) is 2.40. The molecule has 2 heterocycles. The predicted molar refractivity (Wildman–Crippen MR) is 86.5 cm³/mol. The van der Waals surface area contributed by atoms with Gasteiger partial charge >= 0.3 is 0 Å². The van der Waals surface area contributed by atoms with Gasteiger partial charge in [0.15, 0.2) is 0 Å². The number of H-pyrrole nitrogens is 1. The quantitative estimate of drug-likeness (QED) is 0.693. The molecule has 22 heavy (non-hydrogen) atoms. The standard InChI is InChI=1S/C16H17N5O/c1-9-6-15(19-10(2)18-9)20-12-4-5-13-11(7-12)8-14(21-13)16(22)17-3/h4-8,21H,1-3H3,(H,17,22)(H,18,19,20). The van der Waals surface area contributed by atoms with Gasteiger partial charge in [-0.1, -0.05) is 0 Å². The van der Waals surface area contributed by atoms with Crippen LogP contribution in [0.1, 0.15) is 22.0 Å². The number of nitrogens with zero attached hydrogens (tertiary/aromatic N) is 2. The number of hydrogen-bond donors (Lipinski definition) is 3. The molecule has 2 aromatic heterocycles. The molecule has 3 N–H and O–H groups in total. The first-order valence-corrected chi connectivity index (χ1v) is 6.99. The van der Waals surface area contributed by atoms with E-state index in [1.807, 2.05) is 44.2 Å². The average Bonchev–Trinajstić information content (AvgIpc) is 2.88. The van der Waals surface area contributed by atoms with Crippen LogP contribution in [0.15, 0.2) is 30.3 Å². The van der Waals surface area contributed by atoms with Crippen LogP contribution in [-0.2, 0) is 0 Å². The lowest BCUT2D eigenvalue weighted by atomic mass is 10.2. The third-order valence-corrected chi connectivity index (χ3v) is 3.33. The van der Waals surface area contributed by atoms with Crippen molar-refractivity contribution in [1.82, 2.24) is 20.3 Å². The van der Waals surface area contributed by atoms with Gasteiger partial charge in [0, 0.05) is 35.4 Å². The normalized spacial score (nSPS) is 10.7. The van der Waals surface area contributed by atoms with E-state index in [2.05, 4.69) is 25.6 Å². The number of nitrogens with one attached hydrogen (secondary N) is 3. The van der Waals surface area contributed by atoms with Crippen LogP contribution < -0.4 is 10.6 Å². The topological polar surface area (TPSA) is 82.7 Å². The first-order valence-electron chi connectivity index (χ1n) is 6.99. The van der Waals surface area contributed by atoms with Crippen LogP contribution in [0.4, 0.5) is 11.5 Å². The van der Waals surface area contributed by atoms with E-state index in [4.69, 9.17) is 0 Å². The SMILES string of the molecule is CNC(=O)c1cc2cc(Nc3cc(C)nc(C)n3)ccc2[nH]1. The van der Waals surface area contributed by atoms with E-state index in [0.717, 1.165) is 33.9 Å². The van der Waals surface area contributed by atoms with Crippen molar-refractivity contribution in [3.63, 3.8) is 0 Å². The molecule has 0 fully saturated rings. The third kappa shape index (κ3) is 2.76. The van der Waals surface area contributed by atoms with Crippen LogP contribution in [0.5, 0.6) is 0 Å². The van der Waals surface area contributed by atoms with Crippen molar-refractivity contribution in [2.75, 3.05) is 12.4 Å². The Labute approximate surface area is 128 Å². The number of hydrogen-bond acceptors (Lipinski definition) is 4.